The lowest BCUT2D eigenvalue weighted by atomic mass is 10.1. The van der Waals surface area contributed by atoms with Crippen LogP contribution in [0.25, 0.3) is 10.8 Å². The molecule has 0 bridgehead atoms. The molecular weight excluding hydrogens is 250 g/mol. The number of nitrogens with one attached hydrogen (secondary N) is 1. The number of aromatic nitrogens is 1. The van der Waals surface area contributed by atoms with E-state index in [1.54, 1.807) is 6.07 Å². The van der Waals surface area contributed by atoms with Crippen LogP contribution in [0.1, 0.15) is 5.69 Å². The largest absolute Gasteiger partial charge is 0.507 e. The molecule has 0 aliphatic rings. The first kappa shape index (κ1) is 12.3. The van der Waals surface area contributed by atoms with E-state index >= 15 is 0 Å². The number of aromatic hydroxyl groups is 1. The number of hydrogen-bond donors (Lipinski definition) is 3. The van der Waals surface area contributed by atoms with Gasteiger partial charge in [-0.15, -0.1) is 0 Å². The quantitative estimate of drug-likeness (QED) is 0.662. The minimum atomic E-state index is 0.271. The molecular formula is C16H15N3O. The standard InChI is InChI=1S/C16H15N3O/c1-10-13(17)8-9-16(18-10)19-14-6-2-5-12-11(14)4-3-7-15(12)20/h2-9,20H,17H2,1H3,(H,18,19). The van der Waals surface area contributed by atoms with Gasteiger partial charge in [0.2, 0.25) is 0 Å². The van der Waals surface area contributed by atoms with Crippen molar-refractivity contribution >= 4 is 28.0 Å². The van der Waals surface area contributed by atoms with Crippen molar-refractivity contribution in [3.05, 3.63) is 54.2 Å². The molecule has 1 heterocycles. The molecule has 0 amide bonds. The Bertz CT molecular complexity index is 784. The summed E-state index contributed by atoms with van der Waals surface area (Å²) in [5, 5.41) is 14.9. The van der Waals surface area contributed by atoms with E-state index in [1.807, 2.05) is 49.4 Å². The highest BCUT2D eigenvalue weighted by Gasteiger charge is 2.05. The lowest BCUT2D eigenvalue weighted by Gasteiger charge is -2.11. The summed E-state index contributed by atoms with van der Waals surface area (Å²) in [4.78, 5) is 4.40. The number of nitrogens with two attached hydrogens (primary N) is 1. The van der Waals surface area contributed by atoms with Gasteiger partial charge in [-0.25, -0.2) is 4.98 Å². The van der Waals surface area contributed by atoms with Crippen LogP contribution in [0.2, 0.25) is 0 Å². The molecule has 0 saturated heterocycles. The average molecular weight is 265 g/mol. The van der Waals surface area contributed by atoms with Crippen molar-refractivity contribution in [1.29, 1.82) is 0 Å². The summed E-state index contributed by atoms with van der Waals surface area (Å²) in [7, 11) is 0. The molecule has 4 heteroatoms. The Kier molecular flexibility index (Phi) is 2.91. The van der Waals surface area contributed by atoms with Crippen LogP contribution in [-0.2, 0) is 0 Å². The Morgan fingerprint density at radius 1 is 1.00 bits per heavy atom. The predicted octanol–water partition coefficient (Wildman–Crippen LogP) is 3.57. The number of anilines is 3. The topological polar surface area (TPSA) is 71.2 Å². The third-order valence-corrected chi connectivity index (χ3v) is 3.29. The second-order valence-electron chi connectivity index (χ2n) is 4.67. The number of phenolic OH excluding ortho intramolecular Hbond substituents is 1. The average Bonchev–Trinajstić information content (AvgIpc) is 2.44. The monoisotopic (exact) mass is 265 g/mol. The van der Waals surface area contributed by atoms with Crippen LogP contribution in [-0.4, -0.2) is 10.1 Å². The molecule has 4 N–H and O–H groups in total. The van der Waals surface area contributed by atoms with Crippen LogP contribution in [0, 0.1) is 6.92 Å². The molecule has 20 heavy (non-hydrogen) atoms. The number of rotatable bonds is 2. The van der Waals surface area contributed by atoms with Crippen LogP contribution >= 0.6 is 0 Å². The smallest absolute Gasteiger partial charge is 0.130 e. The van der Waals surface area contributed by atoms with Crippen molar-refractivity contribution in [3.63, 3.8) is 0 Å². The van der Waals surface area contributed by atoms with Crippen LogP contribution in [0.4, 0.5) is 17.2 Å². The van der Waals surface area contributed by atoms with E-state index in [1.165, 1.54) is 0 Å². The number of nitrogen functional groups attached to an aromatic ring is 1. The number of fused-ring (bicyclic) bond motifs is 1. The zero-order valence-corrected chi connectivity index (χ0v) is 11.1. The van der Waals surface area contributed by atoms with Crippen LogP contribution in [0.15, 0.2) is 48.5 Å². The number of pyridine rings is 1. The summed E-state index contributed by atoms with van der Waals surface area (Å²) in [5.74, 6) is 1.00. The van der Waals surface area contributed by atoms with Crippen LogP contribution in [0.5, 0.6) is 5.75 Å². The fourth-order valence-corrected chi connectivity index (χ4v) is 2.18. The van der Waals surface area contributed by atoms with Crippen LogP contribution < -0.4 is 11.1 Å². The molecule has 0 unspecified atom stereocenters. The first-order valence-corrected chi connectivity index (χ1v) is 6.36. The molecule has 0 spiro atoms. The summed E-state index contributed by atoms with van der Waals surface area (Å²) < 4.78 is 0. The van der Waals surface area contributed by atoms with Crippen molar-refractivity contribution in [2.24, 2.45) is 0 Å². The van der Waals surface area contributed by atoms with E-state index in [4.69, 9.17) is 5.73 Å². The maximum absolute atomic E-state index is 9.88. The summed E-state index contributed by atoms with van der Waals surface area (Å²) in [6.07, 6.45) is 0. The lowest BCUT2D eigenvalue weighted by molar-refractivity contribution is 0.481. The minimum absolute atomic E-state index is 0.271. The Labute approximate surface area is 116 Å². The van der Waals surface area contributed by atoms with Crippen molar-refractivity contribution in [1.82, 2.24) is 4.98 Å². The van der Waals surface area contributed by atoms with Gasteiger partial charge in [0.15, 0.2) is 0 Å². The number of hydrogen-bond acceptors (Lipinski definition) is 4. The van der Waals surface area contributed by atoms with Crippen molar-refractivity contribution < 1.29 is 5.11 Å². The Hall–Kier alpha value is -2.75. The van der Waals surface area contributed by atoms with Gasteiger partial charge in [0.1, 0.15) is 11.6 Å². The number of benzene rings is 2. The minimum Gasteiger partial charge on any atom is -0.507 e. The SMILES string of the molecule is Cc1nc(Nc2cccc3c(O)cccc23)ccc1N. The van der Waals surface area contributed by atoms with Gasteiger partial charge < -0.3 is 16.2 Å². The molecule has 0 aliphatic carbocycles. The second kappa shape index (κ2) is 4.74. The van der Waals surface area contributed by atoms with E-state index in [2.05, 4.69) is 10.3 Å². The Morgan fingerprint density at radius 2 is 1.75 bits per heavy atom. The summed E-state index contributed by atoms with van der Waals surface area (Å²) >= 11 is 0. The lowest BCUT2D eigenvalue weighted by Crippen LogP contribution is -1.98. The highest BCUT2D eigenvalue weighted by Crippen LogP contribution is 2.31. The normalized spacial score (nSPS) is 10.7. The van der Waals surface area contributed by atoms with Crippen LogP contribution in [0.3, 0.4) is 0 Å². The van der Waals surface area contributed by atoms with Gasteiger partial charge in [0.05, 0.1) is 11.4 Å². The molecule has 0 aliphatic heterocycles. The third-order valence-electron chi connectivity index (χ3n) is 3.29. The molecule has 0 fully saturated rings. The number of aryl methyl sites for hydroxylation is 1. The van der Waals surface area contributed by atoms with E-state index in [9.17, 15) is 5.11 Å². The molecule has 0 radical (unpaired) electrons. The first-order chi connectivity index (χ1) is 9.65. The highest BCUT2D eigenvalue weighted by molar-refractivity contribution is 5.98. The zero-order chi connectivity index (χ0) is 14.1. The van der Waals surface area contributed by atoms with Crippen molar-refractivity contribution in [2.75, 3.05) is 11.1 Å². The van der Waals surface area contributed by atoms with E-state index in [0.717, 1.165) is 28.0 Å². The summed E-state index contributed by atoms with van der Waals surface area (Å²) in [6, 6.07) is 14.9. The number of nitrogens with zero attached hydrogens (tertiary/aromatic N) is 1. The van der Waals surface area contributed by atoms with E-state index in [-0.39, 0.29) is 5.75 Å². The molecule has 2 aromatic carbocycles. The molecule has 3 rings (SSSR count). The molecule has 0 atom stereocenters. The van der Waals surface area contributed by atoms with Gasteiger partial charge in [-0.05, 0) is 31.2 Å². The van der Waals surface area contributed by atoms with Gasteiger partial charge in [-0.1, -0.05) is 24.3 Å². The molecule has 1 aromatic heterocycles. The molecule has 3 aromatic rings. The van der Waals surface area contributed by atoms with Gasteiger partial charge in [0, 0.05) is 16.5 Å². The maximum Gasteiger partial charge on any atom is 0.130 e. The second-order valence-corrected chi connectivity index (χ2v) is 4.67. The molecule has 4 nitrogen and oxygen atoms in total. The molecule has 0 saturated carbocycles. The summed E-state index contributed by atoms with van der Waals surface area (Å²) in [6.45, 7) is 1.87. The summed E-state index contributed by atoms with van der Waals surface area (Å²) in [5.41, 5.74) is 8.13. The fraction of sp³-hybridized carbons (Fsp3) is 0.0625. The van der Waals surface area contributed by atoms with Gasteiger partial charge in [-0.3, -0.25) is 0 Å². The maximum atomic E-state index is 9.88. The predicted molar refractivity (Wildman–Crippen MR) is 82.3 cm³/mol. The number of phenols is 1. The fourth-order valence-electron chi connectivity index (χ4n) is 2.18. The van der Waals surface area contributed by atoms with Gasteiger partial charge in [-0.2, -0.15) is 0 Å². The Morgan fingerprint density at radius 3 is 2.55 bits per heavy atom. The van der Waals surface area contributed by atoms with Gasteiger partial charge in [0.25, 0.3) is 0 Å². The van der Waals surface area contributed by atoms with Gasteiger partial charge >= 0.3 is 0 Å². The van der Waals surface area contributed by atoms with Crippen molar-refractivity contribution in [2.45, 2.75) is 6.92 Å². The van der Waals surface area contributed by atoms with Crippen molar-refractivity contribution in [3.8, 4) is 5.75 Å². The third kappa shape index (κ3) is 2.12. The molecule has 100 valence electrons. The zero-order valence-electron chi connectivity index (χ0n) is 11.1. The van der Waals surface area contributed by atoms with E-state index < -0.39 is 0 Å². The van der Waals surface area contributed by atoms with E-state index in [0.29, 0.717) is 5.69 Å². The first-order valence-electron chi connectivity index (χ1n) is 6.36. The Balaban J connectivity index is 2.06. The highest BCUT2D eigenvalue weighted by atomic mass is 16.3.